The lowest BCUT2D eigenvalue weighted by Crippen LogP contribution is -2.48. The van der Waals surface area contributed by atoms with E-state index in [0.717, 1.165) is 25.9 Å². The van der Waals surface area contributed by atoms with Gasteiger partial charge in [-0.05, 0) is 37.5 Å². The number of carbonyl (C=O) groups excluding carboxylic acids is 1. The number of carboxylic acids is 1. The Labute approximate surface area is 127 Å². The summed E-state index contributed by atoms with van der Waals surface area (Å²) in [5.74, 6) is 0.188. The Morgan fingerprint density at radius 1 is 1.24 bits per heavy atom. The minimum atomic E-state index is -0.743. The van der Waals surface area contributed by atoms with Crippen LogP contribution in [0.15, 0.2) is 0 Å². The van der Waals surface area contributed by atoms with Crippen LogP contribution in [-0.2, 0) is 4.79 Å². The fourth-order valence-corrected chi connectivity index (χ4v) is 3.81. The van der Waals surface area contributed by atoms with Crippen molar-refractivity contribution in [3.63, 3.8) is 0 Å². The first-order valence-electron chi connectivity index (χ1n) is 8.22. The van der Waals surface area contributed by atoms with E-state index in [9.17, 15) is 9.59 Å². The average Bonchev–Trinajstić information content (AvgIpc) is 2.93. The van der Waals surface area contributed by atoms with Gasteiger partial charge in [0.25, 0.3) is 0 Å². The zero-order valence-corrected chi connectivity index (χ0v) is 13.3. The van der Waals surface area contributed by atoms with Gasteiger partial charge in [-0.15, -0.1) is 0 Å². The smallest absolute Gasteiger partial charge is 0.320 e. The first-order valence-corrected chi connectivity index (χ1v) is 8.22. The van der Waals surface area contributed by atoms with E-state index < -0.39 is 5.97 Å². The minimum Gasteiger partial charge on any atom is -0.481 e. The number of amides is 2. The van der Waals surface area contributed by atoms with E-state index in [1.165, 1.54) is 19.3 Å². The van der Waals surface area contributed by atoms with Crippen molar-refractivity contribution >= 4 is 12.0 Å². The van der Waals surface area contributed by atoms with Gasteiger partial charge < -0.3 is 14.9 Å². The van der Waals surface area contributed by atoms with Crippen molar-refractivity contribution in [1.82, 2.24) is 9.80 Å². The molecule has 0 bridgehead atoms. The molecule has 0 spiro atoms. The Morgan fingerprint density at radius 3 is 2.62 bits per heavy atom. The molecule has 2 fully saturated rings. The summed E-state index contributed by atoms with van der Waals surface area (Å²) in [6, 6.07) is 0.496. The molecule has 0 aromatic rings. The monoisotopic (exact) mass is 296 g/mol. The quantitative estimate of drug-likeness (QED) is 0.867. The van der Waals surface area contributed by atoms with Gasteiger partial charge in [-0.3, -0.25) is 4.79 Å². The largest absolute Gasteiger partial charge is 0.481 e. The van der Waals surface area contributed by atoms with Crippen molar-refractivity contribution in [2.24, 2.45) is 11.8 Å². The molecule has 5 nitrogen and oxygen atoms in total. The molecule has 2 aliphatic rings. The van der Waals surface area contributed by atoms with Crippen LogP contribution in [0.25, 0.3) is 0 Å². The van der Waals surface area contributed by atoms with Crippen molar-refractivity contribution in [2.75, 3.05) is 20.1 Å². The number of carbonyl (C=O) groups is 2. The van der Waals surface area contributed by atoms with Gasteiger partial charge in [-0.1, -0.05) is 19.8 Å². The van der Waals surface area contributed by atoms with Gasteiger partial charge in [0.15, 0.2) is 0 Å². The van der Waals surface area contributed by atoms with E-state index >= 15 is 0 Å². The molecule has 21 heavy (non-hydrogen) atoms. The highest BCUT2D eigenvalue weighted by molar-refractivity contribution is 5.75. The molecule has 0 aromatic carbocycles. The first kappa shape index (κ1) is 16.1. The zero-order chi connectivity index (χ0) is 15.4. The SMILES string of the molecule is CC1CCCCC1N(C)C(=O)N1CCC(CCC(=O)O)C1. The number of likely N-dealkylation sites (tertiary alicyclic amines) is 1. The van der Waals surface area contributed by atoms with Crippen LogP contribution in [0.4, 0.5) is 4.79 Å². The standard InChI is InChI=1S/C16H28N2O3/c1-12-5-3-4-6-14(12)17(2)16(21)18-10-9-13(11-18)7-8-15(19)20/h12-14H,3-11H2,1-2H3,(H,19,20). The number of urea groups is 1. The Bertz CT molecular complexity index is 386. The van der Waals surface area contributed by atoms with Gasteiger partial charge in [0.05, 0.1) is 0 Å². The second kappa shape index (κ2) is 7.14. The Balaban J connectivity index is 1.84. The summed E-state index contributed by atoms with van der Waals surface area (Å²) in [5, 5.41) is 8.75. The van der Waals surface area contributed by atoms with Crippen molar-refractivity contribution < 1.29 is 14.7 Å². The number of aliphatic carboxylic acids is 1. The van der Waals surface area contributed by atoms with Gasteiger partial charge in [0, 0.05) is 32.6 Å². The Hall–Kier alpha value is -1.26. The van der Waals surface area contributed by atoms with Crippen LogP contribution >= 0.6 is 0 Å². The van der Waals surface area contributed by atoms with Crippen LogP contribution in [0.5, 0.6) is 0 Å². The number of rotatable bonds is 4. The molecule has 3 atom stereocenters. The van der Waals surface area contributed by atoms with Crippen LogP contribution in [0.3, 0.4) is 0 Å². The Morgan fingerprint density at radius 2 is 1.95 bits per heavy atom. The summed E-state index contributed by atoms with van der Waals surface area (Å²) in [4.78, 5) is 27.1. The predicted molar refractivity (Wildman–Crippen MR) is 81.1 cm³/mol. The lowest BCUT2D eigenvalue weighted by molar-refractivity contribution is -0.137. The molecule has 2 amide bonds. The molecule has 1 aliphatic carbocycles. The molecule has 2 rings (SSSR count). The highest BCUT2D eigenvalue weighted by Gasteiger charge is 2.33. The summed E-state index contributed by atoms with van der Waals surface area (Å²) in [7, 11) is 1.93. The molecule has 1 heterocycles. The van der Waals surface area contributed by atoms with E-state index in [4.69, 9.17) is 5.11 Å². The number of hydrogen-bond donors (Lipinski definition) is 1. The van der Waals surface area contributed by atoms with Gasteiger partial charge in [0.1, 0.15) is 0 Å². The third-order valence-corrected chi connectivity index (χ3v) is 5.19. The van der Waals surface area contributed by atoms with Crippen molar-refractivity contribution in [1.29, 1.82) is 0 Å². The molecular formula is C16H28N2O3. The summed E-state index contributed by atoms with van der Waals surface area (Å²) in [6.07, 6.45) is 6.65. The van der Waals surface area contributed by atoms with Gasteiger partial charge in [-0.25, -0.2) is 4.79 Å². The molecule has 0 radical (unpaired) electrons. The van der Waals surface area contributed by atoms with Gasteiger partial charge >= 0.3 is 12.0 Å². The van der Waals surface area contributed by atoms with Crippen molar-refractivity contribution in [2.45, 2.75) is 57.9 Å². The van der Waals surface area contributed by atoms with Gasteiger partial charge in [0.2, 0.25) is 0 Å². The molecule has 1 N–H and O–H groups in total. The van der Waals surface area contributed by atoms with E-state index in [1.54, 1.807) is 0 Å². The molecule has 3 unspecified atom stereocenters. The Kier molecular flexibility index (Phi) is 5.48. The summed E-state index contributed by atoms with van der Waals surface area (Å²) >= 11 is 0. The molecule has 1 saturated heterocycles. The third-order valence-electron chi connectivity index (χ3n) is 5.19. The average molecular weight is 296 g/mol. The number of hydrogen-bond acceptors (Lipinski definition) is 2. The normalized spacial score (nSPS) is 29.4. The molecule has 1 aliphatic heterocycles. The van der Waals surface area contributed by atoms with E-state index in [1.807, 2.05) is 16.8 Å². The maximum atomic E-state index is 12.6. The van der Waals surface area contributed by atoms with Crippen molar-refractivity contribution in [3.05, 3.63) is 0 Å². The summed E-state index contributed by atoms with van der Waals surface area (Å²) in [6.45, 7) is 3.74. The topological polar surface area (TPSA) is 60.9 Å². The van der Waals surface area contributed by atoms with Crippen molar-refractivity contribution in [3.8, 4) is 0 Å². The van der Waals surface area contributed by atoms with Crippen LogP contribution < -0.4 is 0 Å². The maximum Gasteiger partial charge on any atom is 0.320 e. The molecule has 0 aromatic heterocycles. The lowest BCUT2D eigenvalue weighted by Gasteiger charge is -2.38. The molecular weight excluding hydrogens is 268 g/mol. The maximum absolute atomic E-state index is 12.6. The van der Waals surface area contributed by atoms with Crippen LogP contribution in [-0.4, -0.2) is 53.1 Å². The van der Waals surface area contributed by atoms with E-state index in [-0.39, 0.29) is 12.5 Å². The summed E-state index contributed by atoms with van der Waals surface area (Å²) < 4.78 is 0. The first-order chi connectivity index (χ1) is 9.99. The fraction of sp³-hybridized carbons (Fsp3) is 0.875. The molecule has 5 heteroatoms. The van der Waals surface area contributed by atoms with Crippen LogP contribution in [0.1, 0.15) is 51.9 Å². The number of carboxylic acid groups (broad SMARTS) is 1. The predicted octanol–water partition coefficient (Wildman–Crippen LogP) is 2.80. The fourth-order valence-electron chi connectivity index (χ4n) is 3.81. The highest BCUT2D eigenvalue weighted by Crippen LogP contribution is 2.29. The zero-order valence-electron chi connectivity index (χ0n) is 13.3. The number of nitrogens with zero attached hydrogens (tertiary/aromatic N) is 2. The lowest BCUT2D eigenvalue weighted by atomic mass is 9.85. The highest BCUT2D eigenvalue weighted by atomic mass is 16.4. The minimum absolute atomic E-state index is 0.131. The molecule has 1 saturated carbocycles. The summed E-state index contributed by atoms with van der Waals surface area (Å²) in [5.41, 5.74) is 0. The third kappa shape index (κ3) is 4.11. The van der Waals surface area contributed by atoms with Crippen LogP contribution in [0, 0.1) is 11.8 Å². The van der Waals surface area contributed by atoms with Gasteiger partial charge in [-0.2, -0.15) is 0 Å². The van der Waals surface area contributed by atoms with E-state index in [0.29, 0.717) is 24.3 Å². The second-order valence-corrected chi connectivity index (χ2v) is 6.76. The van der Waals surface area contributed by atoms with Crippen LogP contribution in [0.2, 0.25) is 0 Å². The second-order valence-electron chi connectivity index (χ2n) is 6.76. The molecule has 120 valence electrons. The van der Waals surface area contributed by atoms with E-state index in [2.05, 4.69) is 6.92 Å².